The van der Waals surface area contributed by atoms with Gasteiger partial charge in [0.25, 0.3) is 0 Å². The molecular weight excluding hydrogens is 264 g/mol. The number of hydrogen-bond acceptors (Lipinski definition) is 4. The highest BCUT2D eigenvalue weighted by molar-refractivity contribution is 7.92. The van der Waals surface area contributed by atoms with E-state index in [4.69, 9.17) is 4.74 Å². The van der Waals surface area contributed by atoms with Crippen LogP contribution in [0.5, 0.6) is 0 Å². The summed E-state index contributed by atoms with van der Waals surface area (Å²) in [6.45, 7) is 2.02. The van der Waals surface area contributed by atoms with Crippen molar-refractivity contribution in [2.45, 2.75) is 29.9 Å². The van der Waals surface area contributed by atoms with Gasteiger partial charge in [-0.2, -0.15) is 0 Å². The zero-order valence-electron chi connectivity index (χ0n) is 10.7. The van der Waals surface area contributed by atoms with Crippen molar-refractivity contribution < 1.29 is 17.9 Å². The average molecular weight is 280 g/mol. The Kier molecular flexibility index (Phi) is 4.04. The minimum atomic E-state index is -3.68. The van der Waals surface area contributed by atoms with E-state index in [1.54, 1.807) is 18.2 Å². The third-order valence-electron chi connectivity index (χ3n) is 3.07. The fourth-order valence-electron chi connectivity index (χ4n) is 1.95. The summed E-state index contributed by atoms with van der Waals surface area (Å²) in [5.41, 5.74) is 0.974. The Bertz CT molecular complexity index is 584. The molecule has 0 bridgehead atoms. The fourth-order valence-corrected chi connectivity index (χ4v) is 3.56. The number of sulfone groups is 1. The minimum absolute atomic E-state index is 0.138. The first kappa shape index (κ1) is 13.8. The average Bonchev–Trinajstić information content (AvgIpc) is 2.34. The molecule has 4 nitrogen and oxygen atoms in total. The van der Waals surface area contributed by atoms with Crippen LogP contribution in [0.3, 0.4) is 0 Å². The lowest BCUT2D eigenvalue weighted by atomic mass is 10.2. The number of ether oxygens (including phenoxy) is 1. The maximum absolute atomic E-state index is 12.4. The molecule has 5 heteroatoms. The van der Waals surface area contributed by atoms with Crippen LogP contribution in [0, 0.1) is 6.92 Å². The van der Waals surface area contributed by atoms with Crippen LogP contribution >= 0.6 is 0 Å². The molecule has 0 aromatic heterocycles. The van der Waals surface area contributed by atoms with E-state index in [0.717, 1.165) is 5.56 Å². The van der Waals surface area contributed by atoms with E-state index < -0.39 is 21.1 Å². The molecule has 0 amide bonds. The van der Waals surface area contributed by atoms with Crippen LogP contribution in [0.1, 0.15) is 18.4 Å². The predicted molar refractivity (Wildman–Crippen MR) is 71.5 cm³/mol. The van der Waals surface area contributed by atoms with Gasteiger partial charge in [-0.15, -0.1) is 0 Å². The number of benzene rings is 1. The summed E-state index contributed by atoms with van der Waals surface area (Å²) in [7, 11) is -3.68. The molecule has 0 radical (unpaired) electrons. The number of esters is 1. The summed E-state index contributed by atoms with van der Waals surface area (Å²) in [6, 6.07) is 6.52. The summed E-state index contributed by atoms with van der Waals surface area (Å²) in [5.74, 6) is -0.662. The van der Waals surface area contributed by atoms with Crippen molar-refractivity contribution in [3.8, 4) is 0 Å². The van der Waals surface area contributed by atoms with E-state index in [0.29, 0.717) is 6.42 Å². The molecule has 102 valence electrons. The van der Waals surface area contributed by atoms with Crippen LogP contribution in [-0.4, -0.2) is 26.2 Å². The SMILES string of the molecule is Cc1ccc(S(=O)(=O)C2CC/C=C\COC2=O)cc1. The van der Waals surface area contributed by atoms with Crippen LogP contribution in [0.4, 0.5) is 0 Å². The molecule has 1 atom stereocenters. The Hall–Kier alpha value is -1.62. The third-order valence-corrected chi connectivity index (χ3v) is 5.18. The number of hydrogen-bond donors (Lipinski definition) is 0. The Morgan fingerprint density at radius 3 is 2.53 bits per heavy atom. The molecule has 0 spiro atoms. The lowest BCUT2D eigenvalue weighted by Gasteiger charge is -2.17. The topological polar surface area (TPSA) is 60.4 Å². The van der Waals surface area contributed by atoms with E-state index in [1.807, 2.05) is 13.0 Å². The van der Waals surface area contributed by atoms with Gasteiger partial charge in [0, 0.05) is 0 Å². The van der Waals surface area contributed by atoms with Crippen LogP contribution < -0.4 is 0 Å². The summed E-state index contributed by atoms with van der Waals surface area (Å²) >= 11 is 0. The summed E-state index contributed by atoms with van der Waals surface area (Å²) < 4.78 is 29.8. The molecule has 19 heavy (non-hydrogen) atoms. The standard InChI is InChI=1S/C14H16O4S/c1-11-6-8-12(9-7-11)19(16,17)13-5-3-2-4-10-18-14(13)15/h2,4,6-9,13H,3,5,10H2,1H3/b4-2-. The second-order valence-corrected chi connectivity index (χ2v) is 6.66. The van der Waals surface area contributed by atoms with Gasteiger partial charge >= 0.3 is 5.97 Å². The first-order valence-corrected chi connectivity index (χ1v) is 7.68. The smallest absolute Gasteiger partial charge is 0.325 e. The van der Waals surface area contributed by atoms with Gasteiger partial charge in [-0.25, -0.2) is 8.42 Å². The fraction of sp³-hybridized carbons (Fsp3) is 0.357. The highest BCUT2D eigenvalue weighted by atomic mass is 32.2. The van der Waals surface area contributed by atoms with Gasteiger partial charge in [-0.3, -0.25) is 4.79 Å². The van der Waals surface area contributed by atoms with Crippen molar-refractivity contribution in [2.24, 2.45) is 0 Å². The Morgan fingerprint density at radius 2 is 1.84 bits per heavy atom. The van der Waals surface area contributed by atoms with Crippen LogP contribution in [0.15, 0.2) is 41.3 Å². The molecule has 0 N–H and O–H groups in total. The van der Waals surface area contributed by atoms with Crippen LogP contribution in [0.2, 0.25) is 0 Å². The Balaban J connectivity index is 2.34. The quantitative estimate of drug-likeness (QED) is 0.614. The predicted octanol–water partition coefficient (Wildman–Crippen LogP) is 2.03. The van der Waals surface area contributed by atoms with E-state index in [-0.39, 0.29) is 17.9 Å². The maximum Gasteiger partial charge on any atom is 0.325 e. The van der Waals surface area contributed by atoms with Gasteiger partial charge < -0.3 is 4.74 Å². The van der Waals surface area contributed by atoms with Crippen molar-refractivity contribution in [2.75, 3.05) is 6.61 Å². The zero-order valence-corrected chi connectivity index (χ0v) is 11.5. The molecule has 2 rings (SSSR count). The van der Waals surface area contributed by atoms with Gasteiger partial charge in [0.1, 0.15) is 6.61 Å². The molecule has 0 fully saturated rings. The lowest BCUT2D eigenvalue weighted by Crippen LogP contribution is -2.32. The number of cyclic esters (lactones) is 1. The summed E-state index contributed by atoms with van der Waals surface area (Å²) in [6.07, 6.45) is 4.38. The second kappa shape index (κ2) is 5.57. The monoisotopic (exact) mass is 280 g/mol. The van der Waals surface area contributed by atoms with Crippen LogP contribution in [-0.2, 0) is 19.4 Å². The van der Waals surface area contributed by atoms with Crippen molar-refractivity contribution in [1.29, 1.82) is 0 Å². The molecule has 1 unspecified atom stereocenters. The van der Waals surface area contributed by atoms with E-state index in [1.165, 1.54) is 12.1 Å². The van der Waals surface area contributed by atoms with Gasteiger partial charge in [0.15, 0.2) is 15.1 Å². The van der Waals surface area contributed by atoms with Crippen LogP contribution in [0.25, 0.3) is 0 Å². The molecule has 1 heterocycles. The lowest BCUT2D eigenvalue weighted by molar-refractivity contribution is -0.142. The molecule has 1 aromatic rings. The van der Waals surface area contributed by atoms with Crippen molar-refractivity contribution >= 4 is 15.8 Å². The number of allylic oxidation sites excluding steroid dienone is 1. The molecule has 1 aromatic carbocycles. The number of carbonyl (C=O) groups is 1. The molecule has 1 aliphatic heterocycles. The summed E-state index contributed by atoms with van der Waals surface area (Å²) in [4.78, 5) is 12.0. The number of aryl methyl sites for hydroxylation is 1. The minimum Gasteiger partial charge on any atom is -0.460 e. The molecular formula is C14H16O4S. The Morgan fingerprint density at radius 1 is 1.16 bits per heavy atom. The van der Waals surface area contributed by atoms with E-state index in [9.17, 15) is 13.2 Å². The normalized spacial score (nSPS) is 22.2. The zero-order chi connectivity index (χ0) is 13.9. The largest absolute Gasteiger partial charge is 0.460 e. The van der Waals surface area contributed by atoms with Crippen molar-refractivity contribution in [3.05, 3.63) is 42.0 Å². The van der Waals surface area contributed by atoms with Gasteiger partial charge in [0.05, 0.1) is 4.90 Å². The summed E-state index contributed by atoms with van der Waals surface area (Å²) in [5, 5.41) is -1.11. The maximum atomic E-state index is 12.4. The molecule has 0 saturated carbocycles. The highest BCUT2D eigenvalue weighted by Crippen LogP contribution is 2.22. The number of rotatable bonds is 2. The molecule has 1 aliphatic rings. The second-order valence-electron chi connectivity index (χ2n) is 4.53. The molecule has 0 saturated heterocycles. The molecule has 0 aliphatic carbocycles. The van der Waals surface area contributed by atoms with Gasteiger partial charge in [-0.05, 0) is 31.9 Å². The first-order chi connectivity index (χ1) is 9.01. The Labute approximate surface area is 113 Å². The van der Waals surface area contributed by atoms with Crippen molar-refractivity contribution in [3.63, 3.8) is 0 Å². The van der Waals surface area contributed by atoms with Gasteiger partial charge in [-0.1, -0.05) is 29.8 Å². The van der Waals surface area contributed by atoms with Gasteiger partial charge in [0.2, 0.25) is 0 Å². The van der Waals surface area contributed by atoms with Crippen molar-refractivity contribution in [1.82, 2.24) is 0 Å². The highest BCUT2D eigenvalue weighted by Gasteiger charge is 2.35. The number of carbonyl (C=O) groups excluding carboxylic acids is 1. The van der Waals surface area contributed by atoms with E-state index in [2.05, 4.69) is 0 Å². The van der Waals surface area contributed by atoms with E-state index >= 15 is 0 Å². The third kappa shape index (κ3) is 3.04. The first-order valence-electron chi connectivity index (χ1n) is 6.14.